The van der Waals surface area contributed by atoms with Crippen molar-refractivity contribution in [2.45, 2.75) is 18.7 Å². The number of aryl methyl sites for hydroxylation is 2. The molecule has 0 amide bonds. The van der Waals surface area contributed by atoms with Gasteiger partial charge in [-0.15, -0.1) is 0 Å². The van der Waals surface area contributed by atoms with Crippen LogP contribution in [0, 0.1) is 19.7 Å². The number of nitrogens with one attached hydrogen (secondary N) is 2. The second-order valence-corrected chi connectivity index (χ2v) is 10.1. The van der Waals surface area contributed by atoms with Crippen molar-refractivity contribution >= 4 is 43.6 Å². The summed E-state index contributed by atoms with van der Waals surface area (Å²) in [5, 5.41) is 3.59. The van der Waals surface area contributed by atoms with Crippen LogP contribution in [0.3, 0.4) is 0 Å². The molecule has 0 bridgehead atoms. The van der Waals surface area contributed by atoms with Gasteiger partial charge in [-0.3, -0.25) is 9.52 Å². The van der Waals surface area contributed by atoms with Gasteiger partial charge in [0, 0.05) is 11.3 Å². The number of hydrogen-bond donors (Lipinski definition) is 2. The molecule has 3 aromatic carbocycles. The van der Waals surface area contributed by atoms with Gasteiger partial charge in [-0.2, -0.15) is 0 Å². The Balaban J connectivity index is 1.52. The molecule has 6 nitrogen and oxygen atoms in total. The van der Waals surface area contributed by atoms with Crippen LogP contribution in [-0.4, -0.2) is 19.2 Å². The Bertz CT molecular complexity index is 1450. The Kier molecular flexibility index (Phi) is 6.26. The molecule has 33 heavy (non-hydrogen) atoms. The molecule has 4 rings (SSSR count). The summed E-state index contributed by atoms with van der Waals surface area (Å²) < 4.78 is 41.5. The minimum atomic E-state index is -3.97. The van der Waals surface area contributed by atoms with Gasteiger partial charge in [-0.05, 0) is 55.3 Å². The number of aromatic nitrogens is 1. The van der Waals surface area contributed by atoms with Crippen LogP contribution in [-0.2, 0) is 10.0 Å². The van der Waals surface area contributed by atoms with Crippen LogP contribution >= 0.6 is 11.3 Å². The molecule has 1 aromatic heterocycles. The van der Waals surface area contributed by atoms with Crippen LogP contribution in [0.1, 0.15) is 26.4 Å². The van der Waals surface area contributed by atoms with E-state index in [1.807, 2.05) is 25.1 Å². The quantitative estimate of drug-likeness (QED) is 0.332. The first kappa shape index (κ1) is 22.6. The number of sulfonamides is 1. The number of nitrogens with zero attached hydrogens (tertiary/aromatic N) is 1. The van der Waals surface area contributed by atoms with E-state index in [1.165, 1.54) is 29.7 Å². The first-order chi connectivity index (χ1) is 15.7. The molecule has 0 aliphatic carbocycles. The fraction of sp³-hybridized carbons (Fsp3) is 0.0833. The Morgan fingerprint density at radius 2 is 1.70 bits per heavy atom. The fourth-order valence-corrected chi connectivity index (χ4v) is 5.35. The van der Waals surface area contributed by atoms with Crippen LogP contribution in [0.15, 0.2) is 77.8 Å². The van der Waals surface area contributed by atoms with Gasteiger partial charge in [0.05, 0.1) is 21.7 Å². The molecule has 0 saturated carbocycles. The number of hydrogen-bond acceptors (Lipinski definition) is 6. The molecule has 0 atom stereocenters. The molecular weight excluding hydrogens is 461 g/mol. The lowest BCUT2D eigenvalue weighted by atomic mass is 10.0. The predicted molar refractivity (Wildman–Crippen MR) is 128 cm³/mol. The topological polar surface area (TPSA) is 88.2 Å². The molecule has 0 aliphatic rings. The zero-order valence-electron chi connectivity index (χ0n) is 17.8. The lowest BCUT2D eigenvalue weighted by Gasteiger charge is -2.12. The number of benzene rings is 3. The summed E-state index contributed by atoms with van der Waals surface area (Å²) >= 11 is 1.21. The van der Waals surface area contributed by atoms with Gasteiger partial charge in [0.15, 0.2) is 5.13 Å². The predicted octanol–water partition coefficient (Wildman–Crippen LogP) is 5.67. The smallest absolute Gasteiger partial charge is 0.262 e. The Hall–Kier alpha value is -3.56. The zero-order valence-corrected chi connectivity index (χ0v) is 19.4. The van der Waals surface area contributed by atoms with E-state index in [1.54, 1.807) is 37.3 Å². The largest absolute Gasteiger partial charge is 0.331 e. The summed E-state index contributed by atoms with van der Waals surface area (Å²) in [7, 11) is -3.97. The first-order valence-electron chi connectivity index (χ1n) is 9.95. The third-order valence-electron chi connectivity index (χ3n) is 4.92. The van der Waals surface area contributed by atoms with Gasteiger partial charge in [0.2, 0.25) is 5.78 Å². The monoisotopic (exact) mass is 481 g/mol. The standard InChI is InChI=1S/C24H20FN3O3S2/c1-15-6-3-4-9-20(15)23(29)21-14-26-24(32-21)27-18-7-5-8-19(13-18)28-33(30,31)22-12-17(25)11-10-16(22)2/h3-14,28H,1-2H3,(H,26,27). The Morgan fingerprint density at radius 3 is 2.48 bits per heavy atom. The number of rotatable bonds is 7. The molecule has 0 unspecified atom stereocenters. The molecule has 0 fully saturated rings. The number of carbonyl (C=O) groups excluding carboxylic acids is 1. The lowest BCUT2D eigenvalue weighted by molar-refractivity contribution is 0.104. The molecule has 4 aromatic rings. The Labute approximate surface area is 195 Å². The summed E-state index contributed by atoms with van der Waals surface area (Å²) in [5.74, 6) is -0.734. The maximum atomic E-state index is 13.6. The van der Waals surface area contributed by atoms with E-state index in [0.29, 0.717) is 32.5 Å². The summed E-state index contributed by atoms with van der Waals surface area (Å²) in [4.78, 5) is 17.4. The molecule has 0 radical (unpaired) electrons. The van der Waals surface area contributed by atoms with Crippen molar-refractivity contribution in [1.82, 2.24) is 4.98 Å². The lowest BCUT2D eigenvalue weighted by Crippen LogP contribution is -2.14. The van der Waals surface area contributed by atoms with Crippen molar-refractivity contribution in [1.29, 1.82) is 0 Å². The van der Waals surface area contributed by atoms with Crippen molar-refractivity contribution in [3.8, 4) is 0 Å². The molecule has 2 N–H and O–H groups in total. The van der Waals surface area contributed by atoms with Crippen LogP contribution < -0.4 is 10.0 Å². The van der Waals surface area contributed by atoms with Gasteiger partial charge >= 0.3 is 0 Å². The van der Waals surface area contributed by atoms with E-state index < -0.39 is 15.8 Å². The van der Waals surface area contributed by atoms with Gasteiger partial charge in [0.25, 0.3) is 10.0 Å². The minimum absolute atomic E-state index is 0.106. The van der Waals surface area contributed by atoms with Crippen LogP contribution in [0.25, 0.3) is 0 Å². The highest BCUT2D eigenvalue weighted by Crippen LogP contribution is 2.27. The molecule has 0 aliphatic heterocycles. The van der Waals surface area contributed by atoms with Crippen molar-refractivity contribution in [2.24, 2.45) is 0 Å². The molecule has 9 heteroatoms. The van der Waals surface area contributed by atoms with Gasteiger partial charge in [-0.25, -0.2) is 17.8 Å². The van der Waals surface area contributed by atoms with Gasteiger partial charge in [0.1, 0.15) is 5.82 Å². The SMILES string of the molecule is Cc1ccccc1C(=O)c1cnc(Nc2cccc(NS(=O)(=O)c3cc(F)ccc3C)c2)s1. The van der Waals surface area contributed by atoms with E-state index >= 15 is 0 Å². The van der Waals surface area contributed by atoms with Gasteiger partial charge < -0.3 is 5.32 Å². The van der Waals surface area contributed by atoms with E-state index in [4.69, 9.17) is 0 Å². The van der Waals surface area contributed by atoms with Crippen molar-refractivity contribution in [3.05, 3.63) is 100 Å². The zero-order chi connectivity index (χ0) is 23.6. The maximum Gasteiger partial charge on any atom is 0.262 e. The normalized spacial score (nSPS) is 11.2. The van der Waals surface area contributed by atoms with Crippen molar-refractivity contribution in [3.63, 3.8) is 0 Å². The maximum absolute atomic E-state index is 13.6. The van der Waals surface area contributed by atoms with Gasteiger partial charge in [-0.1, -0.05) is 47.7 Å². The van der Waals surface area contributed by atoms with Crippen LogP contribution in [0.4, 0.5) is 20.9 Å². The molecular formula is C24H20FN3O3S2. The molecule has 0 spiro atoms. The minimum Gasteiger partial charge on any atom is -0.331 e. The Morgan fingerprint density at radius 1 is 0.939 bits per heavy atom. The summed E-state index contributed by atoms with van der Waals surface area (Å²) in [6.07, 6.45) is 1.51. The average Bonchev–Trinajstić information content (AvgIpc) is 3.23. The number of anilines is 3. The third kappa shape index (κ3) is 5.10. The summed E-state index contributed by atoms with van der Waals surface area (Å²) in [6.45, 7) is 3.48. The highest BCUT2D eigenvalue weighted by molar-refractivity contribution is 7.92. The summed E-state index contributed by atoms with van der Waals surface area (Å²) in [5.41, 5.74) is 2.83. The first-order valence-corrected chi connectivity index (χ1v) is 12.2. The van der Waals surface area contributed by atoms with E-state index in [9.17, 15) is 17.6 Å². The fourth-order valence-electron chi connectivity index (χ4n) is 3.25. The van der Waals surface area contributed by atoms with E-state index in [0.717, 1.165) is 11.6 Å². The number of carbonyl (C=O) groups is 1. The van der Waals surface area contributed by atoms with Crippen molar-refractivity contribution in [2.75, 3.05) is 10.0 Å². The molecule has 0 saturated heterocycles. The van der Waals surface area contributed by atoms with Crippen LogP contribution in [0.5, 0.6) is 0 Å². The number of thiazole rings is 1. The highest BCUT2D eigenvalue weighted by Gasteiger charge is 2.18. The van der Waals surface area contributed by atoms with E-state index in [-0.39, 0.29) is 10.7 Å². The second kappa shape index (κ2) is 9.13. The number of ketones is 1. The summed E-state index contributed by atoms with van der Waals surface area (Å²) in [6, 6.07) is 17.6. The number of halogens is 1. The van der Waals surface area contributed by atoms with Crippen molar-refractivity contribution < 1.29 is 17.6 Å². The second-order valence-electron chi connectivity index (χ2n) is 7.39. The van der Waals surface area contributed by atoms with Crippen LogP contribution in [0.2, 0.25) is 0 Å². The molecule has 1 heterocycles. The molecule has 168 valence electrons. The highest BCUT2D eigenvalue weighted by atomic mass is 32.2. The average molecular weight is 482 g/mol. The third-order valence-corrected chi connectivity index (χ3v) is 7.36. The van der Waals surface area contributed by atoms with E-state index in [2.05, 4.69) is 15.0 Å².